The summed E-state index contributed by atoms with van der Waals surface area (Å²) in [7, 11) is 0. The van der Waals surface area contributed by atoms with Crippen LogP contribution in [0.5, 0.6) is 5.75 Å². The van der Waals surface area contributed by atoms with E-state index in [1.807, 2.05) is 38.1 Å². The van der Waals surface area contributed by atoms with Gasteiger partial charge in [-0.1, -0.05) is 17.3 Å². The molecular formula is C19H13N3O3. The Hall–Kier alpha value is -3.59. The van der Waals surface area contributed by atoms with E-state index in [1.165, 1.54) is 12.1 Å². The van der Waals surface area contributed by atoms with Crippen molar-refractivity contribution in [1.82, 2.24) is 10.1 Å². The molecule has 2 aromatic carbocycles. The standard InChI is InChI=1S/C19H13N3O3/c1-10-3-4-11(2)17-14(10)8-16(24-17)19-21-18(22-25-19)12-5-6-15(23)13(7-12)9-20/h3-8,23H,1-2H3. The normalized spacial score (nSPS) is 10.9. The number of aromatic nitrogens is 2. The van der Waals surface area contributed by atoms with Crippen LogP contribution in [0.4, 0.5) is 0 Å². The van der Waals surface area contributed by atoms with E-state index in [0.29, 0.717) is 17.1 Å². The van der Waals surface area contributed by atoms with Crippen molar-refractivity contribution in [1.29, 1.82) is 5.26 Å². The molecule has 0 saturated heterocycles. The van der Waals surface area contributed by atoms with Gasteiger partial charge in [0.25, 0.3) is 5.89 Å². The van der Waals surface area contributed by atoms with Gasteiger partial charge in [0, 0.05) is 10.9 Å². The van der Waals surface area contributed by atoms with Crippen molar-refractivity contribution < 1.29 is 14.0 Å². The van der Waals surface area contributed by atoms with Crippen LogP contribution in [0.2, 0.25) is 0 Å². The molecule has 4 aromatic rings. The Kier molecular flexibility index (Phi) is 3.29. The summed E-state index contributed by atoms with van der Waals surface area (Å²) >= 11 is 0. The Bertz CT molecular complexity index is 1110. The minimum Gasteiger partial charge on any atom is -0.507 e. The average molecular weight is 331 g/mol. The number of hydrogen-bond donors (Lipinski definition) is 1. The first-order valence-electron chi connectivity index (χ1n) is 7.64. The second-order valence-corrected chi connectivity index (χ2v) is 5.82. The highest BCUT2D eigenvalue weighted by Crippen LogP contribution is 2.32. The zero-order valence-corrected chi connectivity index (χ0v) is 13.6. The predicted octanol–water partition coefficient (Wildman–Crippen LogP) is 4.34. The van der Waals surface area contributed by atoms with Crippen molar-refractivity contribution in [2.24, 2.45) is 0 Å². The van der Waals surface area contributed by atoms with Crippen LogP contribution < -0.4 is 0 Å². The molecule has 0 amide bonds. The highest BCUT2D eigenvalue weighted by Gasteiger charge is 2.17. The van der Waals surface area contributed by atoms with Crippen molar-refractivity contribution >= 4 is 11.0 Å². The van der Waals surface area contributed by atoms with Gasteiger partial charge in [0.2, 0.25) is 5.82 Å². The molecule has 0 aliphatic rings. The van der Waals surface area contributed by atoms with Crippen molar-refractivity contribution in [3.63, 3.8) is 0 Å². The number of hydrogen-bond acceptors (Lipinski definition) is 6. The molecule has 2 heterocycles. The first kappa shape index (κ1) is 15.0. The van der Waals surface area contributed by atoms with Crippen molar-refractivity contribution in [2.45, 2.75) is 13.8 Å². The number of phenols is 1. The Morgan fingerprint density at radius 2 is 1.88 bits per heavy atom. The Balaban J connectivity index is 1.78. The molecule has 2 aromatic heterocycles. The zero-order valence-electron chi connectivity index (χ0n) is 13.6. The van der Waals surface area contributed by atoms with Crippen molar-refractivity contribution in [2.75, 3.05) is 0 Å². The molecule has 25 heavy (non-hydrogen) atoms. The molecule has 4 rings (SSSR count). The molecule has 0 bridgehead atoms. The van der Waals surface area contributed by atoms with Gasteiger partial charge in [-0.05, 0) is 49.2 Å². The Labute approximate surface area is 142 Å². The molecule has 122 valence electrons. The summed E-state index contributed by atoms with van der Waals surface area (Å²) in [4.78, 5) is 4.35. The number of fused-ring (bicyclic) bond motifs is 1. The molecule has 1 N–H and O–H groups in total. The first-order chi connectivity index (χ1) is 12.1. The van der Waals surface area contributed by atoms with E-state index >= 15 is 0 Å². The lowest BCUT2D eigenvalue weighted by molar-refractivity contribution is 0.420. The third-order valence-corrected chi connectivity index (χ3v) is 4.11. The quantitative estimate of drug-likeness (QED) is 0.587. The van der Waals surface area contributed by atoms with Crippen LogP contribution in [0, 0.1) is 25.2 Å². The lowest BCUT2D eigenvalue weighted by Gasteiger charge is -1.97. The SMILES string of the molecule is Cc1ccc(C)c2oc(-c3nc(-c4ccc(O)c(C#N)c4)no3)cc12. The van der Waals surface area contributed by atoms with Crippen LogP contribution in [0.15, 0.2) is 45.3 Å². The summed E-state index contributed by atoms with van der Waals surface area (Å²) in [5.74, 6) is 0.987. The number of phenolic OH excluding ortho intramolecular Hbond substituents is 1. The fourth-order valence-electron chi connectivity index (χ4n) is 2.70. The van der Waals surface area contributed by atoms with E-state index in [0.717, 1.165) is 22.1 Å². The molecule has 0 radical (unpaired) electrons. The van der Waals surface area contributed by atoms with Gasteiger partial charge >= 0.3 is 0 Å². The molecule has 0 saturated carbocycles. The van der Waals surface area contributed by atoms with Gasteiger partial charge < -0.3 is 14.0 Å². The second-order valence-electron chi connectivity index (χ2n) is 5.82. The van der Waals surface area contributed by atoms with Gasteiger partial charge in [-0.25, -0.2) is 0 Å². The van der Waals surface area contributed by atoms with Gasteiger partial charge in [0.1, 0.15) is 17.4 Å². The van der Waals surface area contributed by atoms with Gasteiger partial charge in [-0.2, -0.15) is 10.2 Å². The first-order valence-corrected chi connectivity index (χ1v) is 7.64. The smallest absolute Gasteiger partial charge is 0.293 e. The van der Waals surface area contributed by atoms with Crippen LogP contribution in [0.25, 0.3) is 34.0 Å². The lowest BCUT2D eigenvalue weighted by Crippen LogP contribution is -1.83. The largest absolute Gasteiger partial charge is 0.507 e. The highest BCUT2D eigenvalue weighted by atomic mass is 16.5. The molecule has 0 aliphatic heterocycles. The maximum Gasteiger partial charge on any atom is 0.293 e. The molecule has 0 fully saturated rings. The van der Waals surface area contributed by atoms with Gasteiger partial charge in [-0.15, -0.1) is 0 Å². The Morgan fingerprint density at radius 3 is 2.64 bits per heavy atom. The number of nitrogens with zero attached hydrogens (tertiary/aromatic N) is 3. The van der Waals surface area contributed by atoms with E-state index in [4.69, 9.17) is 14.2 Å². The summed E-state index contributed by atoms with van der Waals surface area (Å²) in [5.41, 5.74) is 3.66. The van der Waals surface area contributed by atoms with E-state index < -0.39 is 0 Å². The van der Waals surface area contributed by atoms with E-state index in [1.54, 1.807) is 6.07 Å². The fraction of sp³-hybridized carbons (Fsp3) is 0.105. The lowest BCUT2D eigenvalue weighted by atomic mass is 10.1. The van der Waals surface area contributed by atoms with Crippen molar-refractivity contribution in [3.8, 4) is 34.9 Å². The number of aryl methyl sites for hydroxylation is 2. The van der Waals surface area contributed by atoms with Gasteiger partial charge in [0.05, 0.1) is 5.56 Å². The van der Waals surface area contributed by atoms with E-state index in [-0.39, 0.29) is 17.2 Å². The number of nitriles is 1. The molecule has 0 unspecified atom stereocenters. The molecule has 6 heteroatoms. The molecule has 0 spiro atoms. The molecule has 0 atom stereocenters. The van der Waals surface area contributed by atoms with Crippen LogP contribution in [0.3, 0.4) is 0 Å². The van der Waals surface area contributed by atoms with Crippen molar-refractivity contribution in [3.05, 3.63) is 53.1 Å². The highest BCUT2D eigenvalue weighted by molar-refractivity contribution is 5.87. The van der Waals surface area contributed by atoms with Crippen LogP contribution in [0.1, 0.15) is 16.7 Å². The Morgan fingerprint density at radius 1 is 1.08 bits per heavy atom. The molecule has 0 aliphatic carbocycles. The molecular weight excluding hydrogens is 318 g/mol. The summed E-state index contributed by atoms with van der Waals surface area (Å²) in [5, 5.41) is 23.6. The number of furan rings is 1. The molecule has 6 nitrogen and oxygen atoms in total. The second kappa shape index (κ2) is 5.49. The maximum absolute atomic E-state index is 9.60. The third-order valence-electron chi connectivity index (χ3n) is 4.11. The zero-order chi connectivity index (χ0) is 17.6. The van der Waals surface area contributed by atoms with Crippen LogP contribution in [-0.4, -0.2) is 15.2 Å². The topological polar surface area (TPSA) is 96.1 Å². The minimum absolute atomic E-state index is 0.0850. The number of aromatic hydroxyl groups is 1. The fourth-order valence-corrected chi connectivity index (χ4v) is 2.70. The average Bonchev–Trinajstić information content (AvgIpc) is 3.26. The summed E-state index contributed by atoms with van der Waals surface area (Å²) in [6, 6.07) is 12.4. The van der Waals surface area contributed by atoms with Crippen LogP contribution >= 0.6 is 0 Å². The van der Waals surface area contributed by atoms with Gasteiger partial charge in [0.15, 0.2) is 5.76 Å². The van der Waals surface area contributed by atoms with E-state index in [2.05, 4.69) is 10.1 Å². The van der Waals surface area contributed by atoms with Crippen LogP contribution in [-0.2, 0) is 0 Å². The summed E-state index contributed by atoms with van der Waals surface area (Å²) < 4.78 is 11.2. The number of benzene rings is 2. The third kappa shape index (κ3) is 2.42. The maximum atomic E-state index is 9.60. The van der Waals surface area contributed by atoms with E-state index in [9.17, 15) is 5.11 Å². The summed E-state index contributed by atoms with van der Waals surface area (Å²) in [6.07, 6.45) is 0. The monoisotopic (exact) mass is 331 g/mol. The number of rotatable bonds is 2. The van der Waals surface area contributed by atoms with Gasteiger partial charge in [-0.3, -0.25) is 0 Å². The predicted molar refractivity (Wildman–Crippen MR) is 90.8 cm³/mol. The minimum atomic E-state index is -0.0850. The summed E-state index contributed by atoms with van der Waals surface area (Å²) in [6.45, 7) is 3.99.